The Balaban J connectivity index is 0.00000196. The van der Waals surface area contributed by atoms with Crippen molar-refractivity contribution in [1.82, 2.24) is 5.32 Å². The smallest absolute Gasteiger partial charge is 0.224 e. The summed E-state index contributed by atoms with van der Waals surface area (Å²) in [6.45, 7) is 3.78. The minimum Gasteiger partial charge on any atom is -0.371 e. The Hall–Kier alpha value is -1.50. The van der Waals surface area contributed by atoms with E-state index >= 15 is 0 Å². The van der Waals surface area contributed by atoms with Crippen molar-refractivity contribution < 1.29 is 9.59 Å². The lowest BCUT2D eigenvalue weighted by Gasteiger charge is -2.32. The first kappa shape index (κ1) is 24.5. The highest BCUT2D eigenvalue weighted by Crippen LogP contribution is 2.26. The fourth-order valence-corrected chi connectivity index (χ4v) is 3.93. The minimum absolute atomic E-state index is 0. The molecule has 0 spiro atoms. The lowest BCUT2D eigenvalue weighted by molar-refractivity contribution is -0.122. The summed E-state index contributed by atoms with van der Waals surface area (Å²) >= 11 is 0. The van der Waals surface area contributed by atoms with Crippen LogP contribution in [0, 0.1) is 11.8 Å². The van der Waals surface area contributed by atoms with Gasteiger partial charge in [-0.2, -0.15) is 0 Å². The van der Waals surface area contributed by atoms with Gasteiger partial charge in [-0.05, 0) is 69.3 Å². The first-order chi connectivity index (χ1) is 12.6. The Morgan fingerprint density at radius 3 is 2.43 bits per heavy atom. The van der Waals surface area contributed by atoms with Gasteiger partial charge >= 0.3 is 0 Å². The Morgan fingerprint density at radius 2 is 1.79 bits per heavy atom. The third-order valence-corrected chi connectivity index (χ3v) is 5.63. The number of nitrogens with two attached hydrogens (primary N) is 1. The molecule has 0 saturated carbocycles. The zero-order valence-electron chi connectivity index (χ0n) is 16.2. The second-order valence-corrected chi connectivity index (χ2v) is 7.49. The number of hydrogen-bond donors (Lipinski definition) is 3. The van der Waals surface area contributed by atoms with Crippen LogP contribution in [0.25, 0.3) is 0 Å². The van der Waals surface area contributed by atoms with Crippen molar-refractivity contribution in [3.8, 4) is 0 Å². The van der Waals surface area contributed by atoms with Crippen LogP contribution >= 0.6 is 24.8 Å². The van der Waals surface area contributed by atoms with E-state index in [1.165, 1.54) is 12.8 Å². The van der Waals surface area contributed by atoms with Crippen molar-refractivity contribution in [3.63, 3.8) is 0 Å². The van der Waals surface area contributed by atoms with Crippen molar-refractivity contribution >= 4 is 48.0 Å². The van der Waals surface area contributed by atoms with E-state index in [2.05, 4.69) is 21.6 Å². The maximum absolute atomic E-state index is 12.3. The van der Waals surface area contributed by atoms with Gasteiger partial charge in [-0.3, -0.25) is 9.59 Å². The summed E-state index contributed by atoms with van der Waals surface area (Å²) < 4.78 is 0. The number of amides is 2. The van der Waals surface area contributed by atoms with Gasteiger partial charge in [0.15, 0.2) is 0 Å². The molecule has 2 fully saturated rings. The standard InChI is InChI=1S/C20H30N4O2.2ClH/c21-20(26)16-8-12-24(13-9-16)18-3-1-2-17(14-18)23-19(25)5-4-15-6-10-22-11-7-15;;/h1-3,14-16,22H,4-13H2,(H2,21,26)(H,23,25);2*1H. The third-order valence-electron chi connectivity index (χ3n) is 5.63. The summed E-state index contributed by atoms with van der Waals surface area (Å²) in [7, 11) is 0. The molecule has 0 atom stereocenters. The van der Waals surface area contributed by atoms with Crippen molar-refractivity contribution in [2.75, 3.05) is 36.4 Å². The van der Waals surface area contributed by atoms with Crippen LogP contribution in [0.3, 0.4) is 0 Å². The molecule has 158 valence electrons. The Bertz CT molecular complexity index is 630. The highest BCUT2D eigenvalue weighted by atomic mass is 35.5. The predicted molar refractivity (Wildman–Crippen MR) is 119 cm³/mol. The van der Waals surface area contributed by atoms with E-state index in [1.54, 1.807) is 0 Å². The fourth-order valence-electron chi connectivity index (χ4n) is 3.93. The number of anilines is 2. The molecule has 1 aromatic carbocycles. The Morgan fingerprint density at radius 1 is 1.11 bits per heavy atom. The van der Waals surface area contributed by atoms with Crippen LogP contribution in [-0.4, -0.2) is 38.0 Å². The largest absolute Gasteiger partial charge is 0.371 e. The number of benzene rings is 1. The molecule has 2 aliphatic rings. The number of primary amides is 1. The zero-order valence-corrected chi connectivity index (χ0v) is 17.8. The molecule has 2 amide bonds. The van der Waals surface area contributed by atoms with Gasteiger partial charge in [-0.25, -0.2) is 0 Å². The van der Waals surface area contributed by atoms with Gasteiger partial charge in [-0.15, -0.1) is 24.8 Å². The van der Waals surface area contributed by atoms with E-state index in [9.17, 15) is 9.59 Å². The van der Waals surface area contributed by atoms with Crippen molar-refractivity contribution in [2.24, 2.45) is 17.6 Å². The molecule has 1 aromatic rings. The van der Waals surface area contributed by atoms with E-state index in [0.717, 1.165) is 56.8 Å². The van der Waals surface area contributed by atoms with E-state index in [4.69, 9.17) is 5.73 Å². The number of carbonyl (C=O) groups excluding carboxylic acids is 2. The zero-order chi connectivity index (χ0) is 18.4. The van der Waals surface area contributed by atoms with Gasteiger partial charge in [0.1, 0.15) is 0 Å². The molecule has 0 aromatic heterocycles. The van der Waals surface area contributed by atoms with Gasteiger partial charge in [0.2, 0.25) is 11.8 Å². The summed E-state index contributed by atoms with van der Waals surface area (Å²) in [6.07, 6.45) is 5.48. The van der Waals surface area contributed by atoms with Crippen LogP contribution in [0.5, 0.6) is 0 Å². The number of nitrogens with one attached hydrogen (secondary N) is 2. The number of piperidine rings is 2. The molecule has 6 nitrogen and oxygen atoms in total. The molecule has 3 rings (SSSR count). The van der Waals surface area contributed by atoms with Crippen molar-refractivity contribution in [1.29, 1.82) is 0 Å². The topological polar surface area (TPSA) is 87.5 Å². The van der Waals surface area contributed by atoms with Crippen LogP contribution in [0.2, 0.25) is 0 Å². The summed E-state index contributed by atoms with van der Waals surface area (Å²) in [5.74, 6) is 0.552. The van der Waals surface area contributed by atoms with E-state index in [0.29, 0.717) is 12.3 Å². The van der Waals surface area contributed by atoms with Gasteiger partial charge in [0.25, 0.3) is 0 Å². The number of rotatable bonds is 6. The number of halogens is 2. The lowest BCUT2D eigenvalue weighted by Crippen LogP contribution is -2.38. The molecule has 8 heteroatoms. The molecule has 28 heavy (non-hydrogen) atoms. The molecule has 2 heterocycles. The quantitative estimate of drug-likeness (QED) is 0.647. The SMILES string of the molecule is Cl.Cl.NC(=O)C1CCN(c2cccc(NC(=O)CCC3CCNCC3)c2)CC1. The Labute approximate surface area is 179 Å². The molecule has 0 bridgehead atoms. The van der Waals surface area contributed by atoms with E-state index in [1.807, 2.05) is 18.2 Å². The van der Waals surface area contributed by atoms with Crippen LogP contribution in [-0.2, 0) is 9.59 Å². The first-order valence-corrected chi connectivity index (χ1v) is 9.76. The van der Waals surface area contributed by atoms with Crippen LogP contribution < -0.4 is 21.3 Å². The Kier molecular flexibility index (Phi) is 10.6. The normalized spacial score (nSPS) is 17.9. The van der Waals surface area contributed by atoms with Gasteiger partial charge in [-0.1, -0.05) is 6.07 Å². The summed E-state index contributed by atoms with van der Waals surface area (Å²) in [4.78, 5) is 25.8. The molecular weight excluding hydrogens is 399 g/mol. The highest BCUT2D eigenvalue weighted by Gasteiger charge is 2.23. The third kappa shape index (κ3) is 7.15. The van der Waals surface area contributed by atoms with E-state index in [-0.39, 0.29) is 42.5 Å². The minimum atomic E-state index is -0.195. The number of nitrogens with zero attached hydrogens (tertiary/aromatic N) is 1. The summed E-state index contributed by atoms with van der Waals surface area (Å²) in [5.41, 5.74) is 7.33. The average Bonchev–Trinajstić information content (AvgIpc) is 2.67. The van der Waals surface area contributed by atoms with Gasteiger partial charge in [0.05, 0.1) is 0 Å². The molecular formula is C20H32Cl2N4O2. The second kappa shape index (κ2) is 12.1. The lowest BCUT2D eigenvalue weighted by atomic mass is 9.93. The van der Waals surface area contributed by atoms with Crippen LogP contribution in [0.1, 0.15) is 38.5 Å². The van der Waals surface area contributed by atoms with Gasteiger partial charge in [0, 0.05) is 36.8 Å². The number of hydrogen-bond acceptors (Lipinski definition) is 4. The molecule has 2 saturated heterocycles. The number of carbonyl (C=O) groups is 2. The van der Waals surface area contributed by atoms with Gasteiger partial charge < -0.3 is 21.3 Å². The molecule has 0 aliphatic carbocycles. The molecule has 2 aliphatic heterocycles. The second-order valence-electron chi connectivity index (χ2n) is 7.49. The summed E-state index contributed by atoms with van der Waals surface area (Å²) in [5, 5.41) is 6.39. The fraction of sp³-hybridized carbons (Fsp3) is 0.600. The van der Waals surface area contributed by atoms with E-state index < -0.39 is 0 Å². The maximum atomic E-state index is 12.3. The molecule has 0 unspecified atom stereocenters. The first-order valence-electron chi connectivity index (χ1n) is 9.76. The predicted octanol–water partition coefficient (Wildman–Crippen LogP) is 2.95. The summed E-state index contributed by atoms with van der Waals surface area (Å²) in [6, 6.07) is 7.97. The highest BCUT2D eigenvalue weighted by molar-refractivity contribution is 5.91. The van der Waals surface area contributed by atoms with Crippen LogP contribution in [0.4, 0.5) is 11.4 Å². The maximum Gasteiger partial charge on any atom is 0.224 e. The van der Waals surface area contributed by atoms with Crippen molar-refractivity contribution in [3.05, 3.63) is 24.3 Å². The van der Waals surface area contributed by atoms with Crippen LogP contribution in [0.15, 0.2) is 24.3 Å². The van der Waals surface area contributed by atoms with Crippen molar-refractivity contribution in [2.45, 2.75) is 38.5 Å². The molecule has 4 N–H and O–H groups in total. The molecule has 0 radical (unpaired) electrons. The monoisotopic (exact) mass is 430 g/mol. The average molecular weight is 431 g/mol.